The lowest BCUT2D eigenvalue weighted by Crippen LogP contribution is -2.32. The Kier molecular flexibility index (Phi) is 13.2. The van der Waals surface area contributed by atoms with Crippen molar-refractivity contribution in [2.45, 2.75) is 83.6 Å². The van der Waals surface area contributed by atoms with Gasteiger partial charge in [-0.15, -0.1) is 5.06 Å². The average molecular weight is 770 g/mol. The Hall–Kier alpha value is -4.65. The molecule has 2 amide bonds. The maximum Gasteiger partial charge on any atom is 0.333 e. The Morgan fingerprint density at radius 1 is 0.964 bits per heavy atom. The molecule has 1 fully saturated rings. The number of carbonyl (C=O) groups is 3. The molecular formula is C43H53N4O7S+. The summed E-state index contributed by atoms with van der Waals surface area (Å²) in [7, 11) is -2.14. The van der Waals surface area contributed by atoms with Crippen molar-refractivity contribution in [1.29, 1.82) is 0 Å². The van der Waals surface area contributed by atoms with Crippen LogP contribution in [0.15, 0.2) is 90.7 Å². The molecule has 0 spiro atoms. The van der Waals surface area contributed by atoms with Gasteiger partial charge in [-0.3, -0.25) is 14.1 Å². The number of imide groups is 1. The molecule has 0 atom stereocenters. The molecule has 1 saturated heterocycles. The third-order valence-electron chi connectivity index (χ3n) is 10.4. The largest absolute Gasteiger partial charge is 0.344 e. The molecule has 1 N–H and O–H groups in total. The lowest BCUT2D eigenvalue weighted by molar-refractivity contribution is -0.436. The van der Waals surface area contributed by atoms with Crippen molar-refractivity contribution >= 4 is 45.0 Å². The zero-order chi connectivity index (χ0) is 40.0. The Bertz CT molecular complexity index is 2040. The summed E-state index contributed by atoms with van der Waals surface area (Å²) in [5.74, 6) is -1.93. The molecule has 12 heteroatoms. The van der Waals surface area contributed by atoms with E-state index < -0.39 is 33.3 Å². The smallest absolute Gasteiger partial charge is 0.333 e. The minimum Gasteiger partial charge on any atom is -0.344 e. The first kappa shape index (κ1) is 41.5. The summed E-state index contributed by atoms with van der Waals surface area (Å²) >= 11 is 0. The minimum absolute atomic E-state index is 0.0582. The van der Waals surface area contributed by atoms with Crippen LogP contribution in [0.3, 0.4) is 0 Å². The molecule has 2 radical (unpaired) electrons. The number of anilines is 1. The van der Waals surface area contributed by atoms with Crippen molar-refractivity contribution in [2.75, 3.05) is 37.3 Å². The van der Waals surface area contributed by atoms with Gasteiger partial charge in [0, 0.05) is 73.3 Å². The van der Waals surface area contributed by atoms with E-state index in [1.807, 2.05) is 43.5 Å². The summed E-state index contributed by atoms with van der Waals surface area (Å²) in [5.41, 5.74) is 7.29. The lowest BCUT2D eigenvalue weighted by Gasteiger charge is -2.27. The first-order chi connectivity index (χ1) is 26.0. The van der Waals surface area contributed by atoms with Gasteiger partial charge in [0.25, 0.3) is 21.9 Å². The summed E-state index contributed by atoms with van der Waals surface area (Å²) in [6.45, 7) is 17.1. The van der Waals surface area contributed by atoms with Gasteiger partial charge in [-0.2, -0.15) is 13.0 Å². The Morgan fingerprint density at radius 3 is 2.36 bits per heavy atom. The SMILES string of the molecule is [CH]CC[N+]1=C(/C=C/C=C/C=C/C=C2/N(CCCS(=O)(=O)O)c3ccc(CN(C)CCCC(=O)ON4C(=O)CCC4=O)cc3C2(C)C)C(C)(C)c2ccccc21. The van der Waals surface area contributed by atoms with E-state index in [1.54, 1.807) is 0 Å². The highest BCUT2D eigenvalue weighted by atomic mass is 32.2. The van der Waals surface area contributed by atoms with Crippen LogP contribution in [0.1, 0.15) is 82.9 Å². The van der Waals surface area contributed by atoms with Crippen LogP contribution in [-0.4, -0.2) is 83.4 Å². The highest BCUT2D eigenvalue weighted by Crippen LogP contribution is 2.48. The van der Waals surface area contributed by atoms with Crippen LogP contribution in [0.4, 0.5) is 11.4 Å². The van der Waals surface area contributed by atoms with Crippen LogP contribution in [0.25, 0.3) is 0 Å². The van der Waals surface area contributed by atoms with Crippen LogP contribution in [-0.2, 0) is 46.7 Å². The molecule has 2 aromatic rings. The van der Waals surface area contributed by atoms with E-state index in [2.05, 4.69) is 90.6 Å². The average Bonchev–Trinajstić information content (AvgIpc) is 3.63. The van der Waals surface area contributed by atoms with Gasteiger partial charge in [0.05, 0.1) is 11.2 Å². The number of allylic oxidation sites excluding steroid dienone is 8. The topological polar surface area (TPSA) is 128 Å². The van der Waals surface area contributed by atoms with Gasteiger partial charge in [-0.25, -0.2) is 4.79 Å². The highest BCUT2D eigenvalue weighted by Gasteiger charge is 2.44. The minimum atomic E-state index is -4.10. The number of carbonyl (C=O) groups excluding carboxylic acids is 3. The van der Waals surface area contributed by atoms with E-state index in [0.29, 0.717) is 37.5 Å². The molecule has 55 heavy (non-hydrogen) atoms. The predicted molar refractivity (Wildman–Crippen MR) is 214 cm³/mol. The molecule has 0 saturated carbocycles. The van der Waals surface area contributed by atoms with Crippen molar-refractivity contribution in [3.63, 3.8) is 0 Å². The molecule has 3 aliphatic rings. The van der Waals surface area contributed by atoms with Gasteiger partial charge in [0.1, 0.15) is 6.54 Å². The van der Waals surface area contributed by atoms with Crippen molar-refractivity contribution in [3.8, 4) is 0 Å². The number of hydroxylamine groups is 2. The molecular weight excluding hydrogens is 717 g/mol. The molecule has 3 heterocycles. The fraction of sp³-hybridized carbons (Fsp3) is 0.419. The van der Waals surface area contributed by atoms with Crippen molar-refractivity contribution in [3.05, 3.63) is 114 Å². The standard InChI is InChI=1S/C43H52N4O7S/c1-7-26-45-35-18-14-13-17-33(35)42(2,3)37(45)19-11-9-8-10-12-20-38-43(4,5)34-30-32(22-23-36(34)46(38)28-16-29-55(51,52)53)31-44(6)27-15-21-41(50)54-47-39(48)24-25-40(47)49/h1,8-14,17-20,22-23,30H,7,15-16,21,24-29,31H2,2-6H3/p+1. The second-order valence-corrected chi connectivity index (χ2v) is 16.9. The number of amides is 2. The Balaban J connectivity index is 1.26. The second-order valence-electron chi connectivity index (χ2n) is 15.3. The molecule has 3 aliphatic heterocycles. The maximum atomic E-state index is 12.2. The van der Waals surface area contributed by atoms with E-state index in [9.17, 15) is 27.4 Å². The summed E-state index contributed by atoms with van der Waals surface area (Å²) in [5, 5.41) is 0.575. The molecule has 0 aromatic heterocycles. The van der Waals surface area contributed by atoms with Gasteiger partial charge in [0.2, 0.25) is 5.69 Å². The zero-order valence-electron chi connectivity index (χ0n) is 32.5. The van der Waals surface area contributed by atoms with Gasteiger partial charge < -0.3 is 14.6 Å². The summed E-state index contributed by atoms with van der Waals surface area (Å²) in [4.78, 5) is 44.9. The summed E-state index contributed by atoms with van der Waals surface area (Å²) < 4.78 is 34.9. The van der Waals surface area contributed by atoms with Crippen molar-refractivity contribution in [2.24, 2.45) is 0 Å². The molecule has 0 bridgehead atoms. The zero-order valence-corrected chi connectivity index (χ0v) is 33.3. The van der Waals surface area contributed by atoms with E-state index >= 15 is 0 Å². The number of hydrogen-bond acceptors (Lipinski definition) is 8. The van der Waals surface area contributed by atoms with E-state index in [-0.39, 0.29) is 36.9 Å². The molecule has 5 rings (SSSR count). The van der Waals surface area contributed by atoms with Crippen LogP contribution in [0.5, 0.6) is 0 Å². The van der Waals surface area contributed by atoms with Crippen LogP contribution in [0, 0.1) is 6.92 Å². The highest BCUT2D eigenvalue weighted by molar-refractivity contribution is 7.85. The Labute approximate surface area is 326 Å². The molecule has 292 valence electrons. The number of hydrogen-bond donors (Lipinski definition) is 1. The number of rotatable bonds is 17. The van der Waals surface area contributed by atoms with Gasteiger partial charge in [-0.05, 0) is 70.5 Å². The normalized spacial score (nSPS) is 18.7. The Morgan fingerprint density at radius 2 is 1.65 bits per heavy atom. The lowest BCUT2D eigenvalue weighted by atomic mass is 9.81. The van der Waals surface area contributed by atoms with E-state index in [0.717, 1.165) is 29.1 Å². The van der Waals surface area contributed by atoms with Crippen LogP contribution < -0.4 is 4.90 Å². The van der Waals surface area contributed by atoms with Crippen LogP contribution >= 0.6 is 0 Å². The van der Waals surface area contributed by atoms with Gasteiger partial charge in [-0.1, -0.05) is 74.6 Å². The second kappa shape index (κ2) is 17.4. The fourth-order valence-corrected chi connectivity index (χ4v) is 8.15. The third-order valence-corrected chi connectivity index (χ3v) is 11.2. The molecule has 2 aromatic carbocycles. The first-order valence-electron chi connectivity index (χ1n) is 18.8. The van der Waals surface area contributed by atoms with E-state index in [1.165, 1.54) is 17.0 Å². The fourth-order valence-electron chi connectivity index (χ4n) is 7.65. The quantitative estimate of drug-likeness (QED) is 0.0819. The van der Waals surface area contributed by atoms with Crippen LogP contribution in [0.2, 0.25) is 0 Å². The molecule has 11 nitrogen and oxygen atoms in total. The maximum absolute atomic E-state index is 12.2. The predicted octanol–water partition coefficient (Wildman–Crippen LogP) is 6.61. The third kappa shape index (κ3) is 9.78. The van der Waals surface area contributed by atoms with Gasteiger partial charge >= 0.3 is 5.97 Å². The number of nitrogens with zero attached hydrogens (tertiary/aromatic N) is 4. The molecule has 0 aliphatic carbocycles. The number of benzene rings is 2. The number of fused-ring (bicyclic) bond motifs is 2. The molecule has 0 unspecified atom stereocenters. The van der Waals surface area contributed by atoms with Gasteiger partial charge in [0.15, 0.2) is 5.71 Å². The van der Waals surface area contributed by atoms with Crippen molar-refractivity contribution in [1.82, 2.24) is 9.96 Å². The monoisotopic (exact) mass is 769 g/mol. The number of para-hydroxylation sites is 1. The first-order valence-corrected chi connectivity index (χ1v) is 20.4. The summed E-state index contributed by atoms with van der Waals surface area (Å²) in [6.07, 6.45) is 15.7. The van der Waals surface area contributed by atoms with Crippen molar-refractivity contribution < 1.29 is 36.8 Å². The van der Waals surface area contributed by atoms with E-state index in [4.69, 9.17) is 11.8 Å². The summed E-state index contributed by atoms with van der Waals surface area (Å²) in [6, 6.07) is 14.7.